The van der Waals surface area contributed by atoms with Crippen LogP contribution in [0.25, 0.3) is 0 Å². The van der Waals surface area contributed by atoms with E-state index in [9.17, 15) is 8.78 Å². The predicted molar refractivity (Wildman–Crippen MR) is 62.9 cm³/mol. The summed E-state index contributed by atoms with van der Waals surface area (Å²) in [5.74, 6) is -0.428. The lowest BCUT2D eigenvalue weighted by molar-refractivity contribution is 0.545. The summed E-state index contributed by atoms with van der Waals surface area (Å²) in [6, 6.07) is 3.53. The quantitative estimate of drug-likeness (QED) is 0.881. The molecular weight excluding hydrogens is 238 g/mol. The van der Waals surface area contributed by atoms with E-state index in [1.807, 2.05) is 6.92 Å². The molecule has 0 saturated carbocycles. The summed E-state index contributed by atoms with van der Waals surface area (Å²) in [6.07, 6.45) is 1.42. The first-order valence-electron chi connectivity index (χ1n) is 5.72. The van der Waals surface area contributed by atoms with E-state index in [1.165, 1.54) is 18.5 Å². The van der Waals surface area contributed by atoms with Crippen LogP contribution in [0.4, 0.5) is 8.78 Å². The molecule has 0 fully saturated rings. The molecule has 0 bridgehead atoms. The Morgan fingerprint density at radius 2 is 2.17 bits per heavy atom. The highest BCUT2D eigenvalue weighted by Crippen LogP contribution is 2.11. The van der Waals surface area contributed by atoms with Gasteiger partial charge in [-0.3, -0.25) is 0 Å². The first-order chi connectivity index (χ1) is 8.70. The molecule has 1 N–H and O–H groups in total. The molecule has 0 saturated heterocycles. The molecule has 18 heavy (non-hydrogen) atoms. The molecule has 0 aliphatic heterocycles. The number of nitrogens with zero attached hydrogens (tertiary/aromatic N) is 3. The highest BCUT2D eigenvalue weighted by atomic mass is 19.1. The summed E-state index contributed by atoms with van der Waals surface area (Å²) >= 11 is 0. The van der Waals surface area contributed by atoms with Gasteiger partial charge in [0.15, 0.2) is 0 Å². The van der Waals surface area contributed by atoms with E-state index >= 15 is 0 Å². The van der Waals surface area contributed by atoms with Crippen molar-refractivity contribution in [2.45, 2.75) is 20.0 Å². The van der Waals surface area contributed by atoms with Gasteiger partial charge in [0.25, 0.3) is 0 Å². The van der Waals surface area contributed by atoms with Gasteiger partial charge >= 0.3 is 0 Å². The van der Waals surface area contributed by atoms with Crippen molar-refractivity contribution in [3.05, 3.63) is 47.5 Å². The summed E-state index contributed by atoms with van der Waals surface area (Å²) in [5, 5.41) is 7.16. The van der Waals surface area contributed by atoms with E-state index in [1.54, 1.807) is 4.68 Å². The lowest BCUT2D eigenvalue weighted by atomic mass is 10.2. The Labute approximate surface area is 104 Å². The zero-order chi connectivity index (χ0) is 13.0. The fourth-order valence-electron chi connectivity index (χ4n) is 1.61. The van der Waals surface area contributed by atoms with Crippen molar-refractivity contribution >= 4 is 0 Å². The van der Waals surface area contributed by atoms with Crippen LogP contribution < -0.4 is 5.32 Å². The van der Waals surface area contributed by atoms with Crippen LogP contribution in [-0.2, 0) is 13.1 Å². The van der Waals surface area contributed by atoms with Gasteiger partial charge in [0.05, 0.1) is 13.1 Å². The molecule has 0 aliphatic carbocycles. The van der Waals surface area contributed by atoms with E-state index in [-0.39, 0.29) is 6.54 Å². The summed E-state index contributed by atoms with van der Waals surface area (Å²) in [6.45, 7) is 3.62. The minimum Gasteiger partial charge on any atom is -0.310 e. The summed E-state index contributed by atoms with van der Waals surface area (Å²) in [4.78, 5) is 4.09. The van der Waals surface area contributed by atoms with Gasteiger partial charge in [0.2, 0.25) is 0 Å². The van der Waals surface area contributed by atoms with Gasteiger partial charge in [0, 0.05) is 11.6 Å². The molecule has 6 heteroatoms. The monoisotopic (exact) mass is 252 g/mol. The second kappa shape index (κ2) is 5.68. The van der Waals surface area contributed by atoms with Gasteiger partial charge in [-0.25, -0.2) is 18.4 Å². The normalized spacial score (nSPS) is 10.8. The van der Waals surface area contributed by atoms with Crippen LogP contribution in [0, 0.1) is 11.6 Å². The second-order valence-corrected chi connectivity index (χ2v) is 3.85. The molecule has 4 nitrogen and oxygen atoms in total. The highest BCUT2D eigenvalue weighted by molar-refractivity contribution is 5.18. The molecular formula is C12H14F2N4. The zero-order valence-corrected chi connectivity index (χ0v) is 10.0. The molecule has 2 rings (SSSR count). The third-order valence-corrected chi connectivity index (χ3v) is 2.56. The molecule has 96 valence electrons. The number of benzene rings is 1. The number of aromatic nitrogens is 3. The van der Waals surface area contributed by atoms with Crippen LogP contribution in [0.15, 0.2) is 24.5 Å². The average Bonchev–Trinajstić information content (AvgIpc) is 2.77. The van der Waals surface area contributed by atoms with Crippen molar-refractivity contribution in [1.82, 2.24) is 20.1 Å². The number of nitrogens with one attached hydrogen (secondary N) is 1. The first kappa shape index (κ1) is 12.6. The fourth-order valence-corrected chi connectivity index (χ4v) is 1.61. The minimum atomic E-state index is -0.581. The van der Waals surface area contributed by atoms with E-state index in [4.69, 9.17) is 0 Å². The molecule has 0 amide bonds. The van der Waals surface area contributed by atoms with Crippen LogP contribution in [0.2, 0.25) is 0 Å². The van der Waals surface area contributed by atoms with Gasteiger partial charge < -0.3 is 5.32 Å². The van der Waals surface area contributed by atoms with Crippen LogP contribution in [0.1, 0.15) is 18.3 Å². The van der Waals surface area contributed by atoms with Crippen molar-refractivity contribution in [1.29, 1.82) is 0 Å². The molecule has 0 unspecified atom stereocenters. The third kappa shape index (κ3) is 2.89. The summed E-state index contributed by atoms with van der Waals surface area (Å²) in [7, 11) is 0. The maximum atomic E-state index is 13.5. The van der Waals surface area contributed by atoms with Gasteiger partial charge in [-0.05, 0) is 12.6 Å². The van der Waals surface area contributed by atoms with Crippen LogP contribution in [0.5, 0.6) is 0 Å². The van der Waals surface area contributed by atoms with E-state index in [2.05, 4.69) is 15.4 Å². The molecule has 1 heterocycles. The first-order valence-corrected chi connectivity index (χ1v) is 5.72. The predicted octanol–water partition coefficient (Wildman–Crippen LogP) is 1.71. The molecule has 2 aromatic rings. The molecule has 1 aromatic heterocycles. The molecule has 0 atom stereocenters. The van der Waals surface area contributed by atoms with Crippen molar-refractivity contribution in [2.75, 3.05) is 6.54 Å². The van der Waals surface area contributed by atoms with E-state index in [0.29, 0.717) is 12.1 Å². The molecule has 1 aromatic carbocycles. The molecule has 0 radical (unpaired) electrons. The summed E-state index contributed by atoms with van der Waals surface area (Å²) in [5.41, 5.74) is 0.389. The van der Waals surface area contributed by atoms with E-state index in [0.717, 1.165) is 18.4 Å². The second-order valence-electron chi connectivity index (χ2n) is 3.85. The van der Waals surface area contributed by atoms with Crippen LogP contribution in [-0.4, -0.2) is 21.3 Å². The smallest absolute Gasteiger partial charge is 0.141 e. The van der Waals surface area contributed by atoms with Gasteiger partial charge in [-0.15, -0.1) is 0 Å². The van der Waals surface area contributed by atoms with Crippen molar-refractivity contribution in [2.24, 2.45) is 0 Å². The van der Waals surface area contributed by atoms with Crippen molar-refractivity contribution in [3.63, 3.8) is 0 Å². The third-order valence-electron chi connectivity index (χ3n) is 2.56. The standard InChI is InChI=1S/C12H14F2N4/c1-2-15-6-12-16-8-17-18(12)7-9-3-4-10(13)5-11(9)14/h3-5,8,15H,2,6-7H2,1H3. The zero-order valence-electron chi connectivity index (χ0n) is 10.0. The van der Waals surface area contributed by atoms with Gasteiger partial charge in [-0.1, -0.05) is 13.0 Å². The maximum absolute atomic E-state index is 13.5. The van der Waals surface area contributed by atoms with E-state index < -0.39 is 11.6 Å². The van der Waals surface area contributed by atoms with Crippen LogP contribution in [0.3, 0.4) is 0 Å². The number of hydrogen-bond acceptors (Lipinski definition) is 3. The number of rotatable bonds is 5. The SMILES string of the molecule is CCNCc1ncnn1Cc1ccc(F)cc1F. The Morgan fingerprint density at radius 3 is 2.89 bits per heavy atom. The lowest BCUT2D eigenvalue weighted by Gasteiger charge is -2.07. The topological polar surface area (TPSA) is 42.7 Å². The Kier molecular flexibility index (Phi) is 3.99. The average molecular weight is 252 g/mol. The Hall–Kier alpha value is -1.82. The Bertz CT molecular complexity index is 525. The van der Waals surface area contributed by atoms with Crippen molar-refractivity contribution in [3.8, 4) is 0 Å². The maximum Gasteiger partial charge on any atom is 0.141 e. The van der Waals surface area contributed by atoms with Gasteiger partial charge in [-0.2, -0.15) is 5.10 Å². The van der Waals surface area contributed by atoms with Gasteiger partial charge in [0.1, 0.15) is 23.8 Å². The largest absolute Gasteiger partial charge is 0.310 e. The minimum absolute atomic E-state index is 0.243. The lowest BCUT2D eigenvalue weighted by Crippen LogP contribution is -2.17. The molecule has 0 aliphatic rings. The Morgan fingerprint density at radius 1 is 1.33 bits per heavy atom. The van der Waals surface area contributed by atoms with Crippen LogP contribution >= 0.6 is 0 Å². The number of halogens is 2. The Balaban J connectivity index is 2.15. The molecule has 0 spiro atoms. The number of hydrogen-bond donors (Lipinski definition) is 1. The summed E-state index contributed by atoms with van der Waals surface area (Å²) < 4.78 is 27.9. The van der Waals surface area contributed by atoms with Crippen molar-refractivity contribution < 1.29 is 8.78 Å². The fraction of sp³-hybridized carbons (Fsp3) is 0.333. The highest BCUT2D eigenvalue weighted by Gasteiger charge is 2.08.